The number of amides is 1. The molecule has 0 unspecified atom stereocenters. The Bertz CT molecular complexity index is 1080. The predicted octanol–water partition coefficient (Wildman–Crippen LogP) is 4.30. The number of benzene rings is 2. The van der Waals surface area contributed by atoms with E-state index < -0.39 is 39.7 Å². The Labute approximate surface area is 198 Å². The van der Waals surface area contributed by atoms with Crippen LogP contribution in [-0.2, 0) is 25.7 Å². The molecule has 1 aliphatic heterocycles. The summed E-state index contributed by atoms with van der Waals surface area (Å²) in [5.74, 6) is -1.87. The van der Waals surface area contributed by atoms with Gasteiger partial charge in [-0.2, -0.15) is 17.5 Å². The van der Waals surface area contributed by atoms with E-state index in [4.69, 9.17) is 33.7 Å². The molecule has 2 aromatic rings. The third kappa shape index (κ3) is 5.67. The van der Waals surface area contributed by atoms with Crippen LogP contribution in [0.5, 0.6) is 0 Å². The smallest absolute Gasteiger partial charge is 0.371 e. The molecule has 2 atom stereocenters. The lowest BCUT2D eigenvalue weighted by Gasteiger charge is -2.25. The van der Waals surface area contributed by atoms with Crippen LogP contribution in [0.3, 0.4) is 0 Å². The fourth-order valence-corrected chi connectivity index (χ4v) is 5.00. The van der Waals surface area contributed by atoms with E-state index in [2.05, 4.69) is 0 Å². The van der Waals surface area contributed by atoms with Gasteiger partial charge in [0.25, 0.3) is 0 Å². The van der Waals surface area contributed by atoms with E-state index in [1.165, 1.54) is 12.1 Å². The first kappa shape index (κ1) is 26.7. The highest BCUT2D eigenvalue weighted by Crippen LogP contribution is 2.35. The number of alkyl halides is 3. The van der Waals surface area contributed by atoms with Gasteiger partial charge in [0.15, 0.2) is 0 Å². The molecule has 6 nitrogen and oxygen atoms in total. The van der Waals surface area contributed by atoms with Crippen molar-refractivity contribution in [2.45, 2.75) is 17.2 Å². The van der Waals surface area contributed by atoms with Crippen LogP contribution in [0.4, 0.5) is 13.2 Å². The minimum Gasteiger partial charge on any atom is -0.371 e. The van der Waals surface area contributed by atoms with Crippen molar-refractivity contribution in [3.05, 3.63) is 63.6 Å². The molecule has 0 bridgehead atoms. The van der Waals surface area contributed by atoms with Crippen molar-refractivity contribution in [3.8, 4) is 0 Å². The van der Waals surface area contributed by atoms with Crippen LogP contribution in [0.1, 0.15) is 17.2 Å². The molecule has 1 aliphatic rings. The first-order valence-corrected chi connectivity index (χ1v) is 11.1. The molecule has 3 rings (SSSR count). The van der Waals surface area contributed by atoms with Gasteiger partial charge in [0, 0.05) is 13.1 Å². The van der Waals surface area contributed by atoms with Crippen molar-refractivity contribution in [3.63, 3.8) is 0 Å². The number of rotatable bonds is 4. The molecular weight excluding hydrogens is 516 g/mol. The molecule has 0 radical (unpaired) electrons. The van der Waals surface area contributed by atoms with Crippen LogP contribution < -0.4 is 5.73 Å². The summed E-state index contributed by atoms with van der Waals surface area (Å²) < 4.78 is 71.0. The third-order valence-corrected chi connectivity index (χ3v) is 7.48. The number of hydrogen-bond donors (Lipinski definition) is 1. The number of nitrogens with two attached hydrogens (primary N) is 1. The Hall–Kier alpha value is -1.56. The number of hydrogen-bond acceptors (Lipinski definition) is 4. The highest BCUT2D eigenvalue weighted by atomic mass is 35.5. The summed E-state index contributed by atoms with van der Waals surface area (Å²) >= 11 is 12.0. The van der Waals surface area contributed by atoms with Crippen molar-refractivity contribution in [1.29, 1.82) is 0 Å². The summed E-state index contributed by atoms with van der Waals surface area (Å²) in [5, 5.41) is 0.519. The lowest BCUT2D eigenvalue weighted by atomic mass is 9.95. The highest BCUT2D eigenvalue weighted by molar-refractivity contribution is 7.89. The predicted molar refractivity (Wildman–Crippen MR) is 115 cm³/mol. The second-order valence-corrected chi connectivity index (χ2v) is 9.61. The molecule has 1 fully saturated rings. The summed E-state index contributed by atoms with van der Waals surface area (Å²) in [7, 11) is -4.20. The van der Waals surface area contributed by atoms with Gasteiger partial charge in [-0.1, -0.05) is 29.3 Å². The summed E-state index contributed by atoms with van der Waals surface area (Å²) in [6.45, 7) is -0.511. The number of halogens is 6. The second kappa shape index (κ2) is 10.1. The Kier molecular flexibility index (Phi) is 8.46. The Morgan fingerprint density at radius 1 is 1.09 bits per heavy atom. The zero-order valence-corrected chi connectivity index (χ0v) is 19.3. The average Bonchev–Trinajstić information content (AvgIpc) is 2.93. The monoisotopic (exact) mass is 532 g/mol. The van der Waals surface area contributed by atoms with Crippen molar-refractivity contribution in [2.24, 2.45) is 11.7 Å². The first-order chi connectivity index (χ1) is 14.4. The van der Waals surface area contributed by atoms with E-state index in [1.807, 2.05) is 0 Å². The van der Waals surface area contributed by atoms with E-state index in [1.54, 1.807) is 6.07 Å². The topological polar surface area (TPSA) is 89.7 Å². The van der Waals surface area contributed by atoms with E-state index in [9.17, 15) is 26.4 Å². The molecule has 2 aromatic carbocycles. The van der Waals surface area contributed by atoms with E-state index in [-0.39, 0.29) is 42.0 Å². The molecule has 1 heterocycles. The molecule has 32 heavy (non-hydrogen) atoms. The fraction of sp³-hybridized carbons (Fsp3) is 0.316. The van der Waals surface area contributed by atoms with Gasteiger partial charge in [0.05, 0.1) is 39.1 Å². The molecule has 0 aromatic heterocycles. The largest absolute Gasteiger partial charge is 0.416 e. The Morgan fingerprint density at radius 3 is 2.25 bits per heavy atom. The quantitative estimate of drug-likeness (QED) is 0.635. The van der Waals surface area contributed by atoms with Crippen LogP contribution in [-0.4, -0.2) is 38.3 Å². The molecule has 1 saturated heterocycles. The van der Waals surface area contributed by atoms with Gasteiger partial charge in [0.1, 0.15) is 0 Å². The first-order valence-electron chi connectivity index (χ1n) is 8.94. The summed E-state index contributed by atoms with van der Waals surface area (Å²) in [5.41, 5.74) is 5.04. The van der Waals surface area contributed by atoms with Crippen molar-refractivity contribution >= 4 is 51.5 Å². The lowest BCUT2D eigenvalue weighted by Crippen LogP contribution is -2.40. The Balaban J connectivity index is 0.00000363. The van der Waals surface area contributed by atoms with Crippen LogP contribution in [0, 0.1) is 5.92 Å². The molecule has 0 aliphatic carbocycles. The highest BCUT2D eigenvalue weighted by Gasteiger charge is 2.38. The molecule has 176 valence electrons. The van der Waals surface area contributed by atoms with Gasteiger partial charge in [-0.15, -0.1) is 12.4 Å². The summed E-state index contributed by atoms with van der Waals surface area (Å²) in [6.07, 6.45) is -5.47. The number of sulfonamides is 1. The lowest BCUT2D eigenvalue weighted by molar-refractivity contribution is -0.137. The number of carbonyl (C=O) groups is 1. The van der Waals surface area contributed by atoms with Gasteiger partial charge in [0.2, 0.25) is 15.9 Å². The SMILES string of the molecule is Cl.NC(=O)[C@@H]1CN(S(=O)(=O)c2ccc(C(F)(F)F)cc2)CCO[C@H]1c1ccc(Cl)c(Cl)c1. The van der Waals surface area contributed by atoms with Gasteiger partial charge in [-0.25, -0.2) is 8.42 Å². The zero-order chi connectivity index (χ0) is 23.0. The van der Waals surface area contributed by atoms with Crippen molar-refractivity contribution < 1.29 is 31.1 Å². The van der Waals surface area contributed by atoms with Gasteiger partial charge in [-0.3, -0.25) is 4.79 Å². The number of nitrogens with zero attached hydrogens (tertiary/aromatic N) is 1. The van der Waals surface area contributed by atoms with Gasteiger partial charge < -0.3 is 10.5 Å². The van der Waals surface area contributed by atoms with Gasteiger partial charge >= 0.3 is 6.18 Å². The summed E-state index contributed by atoms with van der Waals surface area (Å²) in [6, 6.07) is 7.73. The van der Waals surface area contributed by atoms with Crippen LogP contribution >= 0.6 is 35.6 Å². The number of ether oxygens (including phenoxy) is 1. The number of carbonyl (C=O) groups excluding carboxylic acids is 1. The van der Waals surface area contributed by atoms with Crippen LogP contribution in [0.2, 0.25) is 10.0 Å². The maximum Gasteiger partial charge on any atom is 0.416 e. The third-order valence-electron chi connectivity index (χ3n) is 4.86. The van der Waals surface area contributed by atoms with Gasteiger partial charge in [-0.05, 0) is 42.0 Å². The fourth-order valence-electron chi connectivity index (χ4n) is 3.24. The minimum absolute atomic E-state index is 0. The van der Waals surface area contributed by atoms with Crippen LogP contribution in [0.25, 0.3) is 0 Å². The normalized spacial score (nSPS) is 20.3. The maximum absolute atomic E-state index is 13.0. The minimum atomic E-state index is -4.59. The molecular formula is C19H18Cl3F3N2O4S. The van der Waals surface area contributed by atoms with E-state index in [0.717, 1.165) is 16.4 Å². The molecule has 0 saturated carbocycles. The number of primary amides is 1. The Morgan fingerprint density at radius 2 is 1.72 bits per heavy atom. The van der Waals surface area contributed by atoms with Crippen molar-refractivity contribution in [2.75, 3.05) is 19.7 Å². The van der Waals surface area contributed by atoms with Crippen molar-refractivity contribution in [1.82, 2.24) is 4.31 Å². The van der Waals surface area contributed by atoms with Crippen LogP contribution in [0.15, 0.2) is 47.4 Å². The molecule has 2 N–H and O–H groups in total. The van der Waals surface area contributed by atoms with E-state index >= 15 is 0 Å². The second-order valence-electron chi connectivity index (χ2n) is 6.86. The average molecular weight is 534 g/mol. The summed E-state index contributed by atoms with van der Waals surface area (Å²) in [4.78, 5) is 11.8. The van der Waals surface area contributed by atoms with E-state index in [0.29, 0.717) is 22.7 Å². The maximum atomic E-state index is 13.0. The standard InChI is InChI=1S/C19H17Cl2F3N2O4S.ClH/c20-15-6-1-11(9-16(15)21)17-14(18(25)27)10-26(7-8-30-17)31(28,29)13-4-2-12(3-5-13)19(22,23)24;/h1-6,9,14,17H,7-8,10H2,(H2,25,27);1H/t14-,17+;/m1./s1. The molecule has 0 spiro atoms. The molecule has 1 amide bonds. The molecule has 13 heteroatoms. The zero-order valence-electron chi connectivity index (χ0n) is 16.2.